The van der Waals surface area contributed by atoms with Crippen molar-refractivity contribution in [2.75, 3.05) is 19.8 Å². The SMILES string of the molecule is NS(=O)(=O)c1ccc(CCNC(=O)COC(=O)[C@H]2CCCO2)cc1. The van der Waals surface area contributed by atoms with Gasteiger partial charge in [-0.2, -0.15) is 0 Å². The van der Waals surface area contributed by atoms with Gasteiger partial charge in [0.15, 0.2) is 12.7 Å². The summed E-state index contributed by atoms with van der Waals surface area (Å²) in [5.74, 6) is -0.913. The zero-order valence-electron chi connectivity index (χ0n) is 13.1. The van der Waals surface area contributed by atoms with Crippen molar-refractivity contribution in [2.24, 2.45) is 5.14 Å². The number of amides is 1. The molecule has 0 aliphatic carbocycles. The molecule has 0 bridgehead atoms. The summed E-state index contributed by atoms with van der Waals surface area (Å²) in [7, 11) is -3.70. The maximum absolute atomic E-state index is 11.6. The van der Waals surface area contributed by atoms with Gasteiger partial charge >= 0.3 is 5.97 Å². The van der Waals surface area contributed by atoms with E-state index in [0.717, 1.165) is 12.0 Å². The van der Waals surface area contributed by atoms with Gasteiger partial charge in [-0.1, -0.05) is 12.1 Å². The number of hydrogen-bond donors (Lipinski definition) is 2. The Morgan fingerprint density at radius 1 is 1.29 bits per heavy atom. The van der Waals surface area contributed by atoms with Crippen molar-refractivity contribution < 1.29 is 27.5 Å². The van der Waals surface area contributed by atoms with E-state index in [1.807, 2.05) is 0 Å². The Labute approximate surface area is 140 Å². The van der Waals surface area contributed by atoms with Crippen LogP contribution < -0.4 is 10.5 Å². The maximum atomic E-state index is 11.6. The van der Waals surface area contributed by atoms with E-state index in [4.69, 9.17) is 14.6 Å². The van der Waals surface area contributed by atoms with Crippen molar-refractivity contribution in [3.63, 3.8) is 0 Å². The van der Waals surface area contributed by atoms with E-state index in [9.17, 15) is 18.0 Å². The molecule has 2 rings (SSSR count). The predicted molar refractivity (Wildman–Crippen MR) is 84.5 cm³/mol. The van der Waals surface area contributed by atoms with Crippen LogP contribution >= 0.6 is 0 Å². The first-order valence-corrected chi connectivity index (χ1v) is 9.07. The highest BCUT2D eigenvalue weighted by Crippen LogP contribution is 2.13. The van der Waals surface area contributed by atoms with Gasteiger partial charge in [0.05, 0.1) is 4.90 Å². The van der Waals surface area contributed by atoms with Crippen molar-refractivity contribution in [3.05, 3.63) is 29.8 Å². The van der Waals surface area contributed by atoms with Gasteiger partial charge in [0.1, 0.15) is 0 Å². The number of carbonyl (C=O) groups is 2. The summed E-state index contributed by atoms with van der Waals surface area (Å²) in [4.78, 5) is 23.2. The molecular weight excluding hydrogens is 336 g/mol. The Morgan fingerprint density at radius 3 is 2.58 bits per heavy atom. The summed E-state index contributed by atoms with van der Waals surface area (Å²) in [5, 5.41) is 7.64. The summed E-state index contributed by atoms with van der Waals surface area (Å²) in [6.45, 7) is 0.532. The number of hydrogen-bond acceptors (Lipinski definition) is 6. The minimum absolute atomic E-state index is 0.0383. The number of rotatable bonds is 7. The third kappa shape index (κ3) is 5.59. The lowest BCUT2D eigenvalue weighted by Gasteiger charge is -2.10. The molecule has 1 saturated heterocycles. The third-order valence-electron chi connectivity index (χ3n) is 3.53. The van der Waals surface area contributed by atoms with Crippen molar-refractivity contribution in [3.8, 4) is 0 Å². The average molecular weight is 356 g/mol. The van der Waals surface area contributed by atoms with Crippen LogP contribution in [0, 0.1) is 0 Å². The minimum atomic E-state index is -3.70. The fraction of sp³-hybridized carbons (Fsp3) is 0.467. The summed E-state index contributed by atoms with van der Waals surface area (Å²) in [6.07, 6.45) is 1.39. The lowest BCUT2D eigenvalue weighted by Crippen LogP contribution is -2.32. The smallest absolute Gasteiger partial charge is 0.335 e. The van der Waals surface area contributed by atoms with Crippen LogP contribution in [0.3, 0.4) is 0 Å². The molecular formula is C15H20N2O6S. The van der Waals surface area contributed by atoms with Crippen LogP contribution in [0.15, 0.2) is 29.2 Å². The lowest BCUT2D eigenvalue weighted by molar-refractivity contribution is -0.157. The Bertz CT molecular complexity index is 680. The van der Waals surface area contributed by atoms with E-state index in [1.165, 1.54) is 12.1 Å². The fourth-order valence-corrected chi connectivity index (χ4v) is 2.75. The Morgan fingerprint density at radius 2 is 2.00 bits per heavy atom. The van der Waals surface area contributed by atoms with Crippen LogP contribution in [0.4, 0.5) is 0 Å². The van der Waals surface area contributed by atoms with Crippen molar-refractivity contribution >= 4 is 21.9 Å². The van der Waals surface area contributed by atoms with E-state index in [1.54, 1.807) is 12.1 Å². The lowest BCUT2D eigenvalue weighted by atomic mass is 10.1. The van der Waals surface area contributed by atoms with Crippen LogP contribution in [0.1, 0.15) is 18.4 Å². The number of carbonyl (C=O) groups excluding carboxylic acids is 2. The molecule has 0 aromatic heterocycles. The second kappa shape index (κ2) is 8.22. The predicted octanol–water partition coefficient (Wildman–Crippen LogP) is -0.285. The average Bonchev–Trinajstić information content (AvgIpc) is 3.07. The first kappa shape index (κ1) is 18.4. The number of ether oxygens (including phenoxy) is 2. The van der Waals surface area contributed by atoms with E-state index >= 15 is 0 Å². The number of esters is 1. The van der Waals surface area contributed by atoms with Crippen molar-refractivity contribution in [2.45, 2.75) is 30.3 Å². The summed E-state index contributed by atoms with van der Waals surface area (Å²) >= 11 is 0. The van der Waals surface area contributed by atoms with Crippen LogP contribution in [-0.2, 0) is 35.5 Å². The van der Waals surface area contributed by atoms with Crippen LogP contribution in [0.25, 0.3) is 0 Å². The molecule has 0 spiro atoms. The third-order valence-corrected chi connectivity index (χ3v) is 4.46. The van der Waals surface area contributed by atoms with E-state index in [2.05, 4.69) is 5.32 Å². The summed E-state index contributed by atoms with van der Waals surface area (Å²) in [6, 6.07) is 6.08. The van der Waals surface area contributed by atoms with Gasteiger partial charge < -0.3 is 14.8 Å². The largest absolute Gasteiger partial charge is 0.454 e. The molecule has 1 aliphatic heterocycles. The molecule has 0 unspecified atom stereocenters. The molecule has 8 nitrogen and oxygen atoms in total. The molecule has 132 valence electrons. The molecule has 9 heteroatoms. The standard InChI is InChI=1S/C15H20N2O6S/c16-24(20,21)12-5-3-11(4-6-12)7-8-17-14(18)10-23-15(19)13-2-1-9-22-13/h3-6,13H,1-2,7-10H2,(H,17,18)(H2,16,20,21)/t13-/m1/s1. The number of benzene rings is 1. The summed E-state index contributed by atoms with van der Waals surface area (Å²) < 4.78 is 32.3. The first-order valence-electron chi connectivity index (χ1n) is 7.53. The van der Waals surface area contributed by atoms with Gasteiger partial charge in [-0.25, -0.2) is 18.4 Å². The van der Waals surface area contributed by atoms with Gasteiger partial charge in [-0.15, -0.1) is 0 Å². The van der Waals surface area contributed by atoms with E-state index < -0.39 is 28.0 Å². The molecule has 0 radical (unpaired) electrons. The molecule has 1 amide bonds. The number of sulfonamides is 1. The molecule has 1 aromatic carbocycles. The summed E-state index contributed by atoms with van der Waals surface area (Å²) in [5.41, 5.74) is 0.846. The zero-order chi connectivity index (χ0) is 17.6. The Balaban J connectivity index is 1.67. The molecule has 24 heavy (non-hydrogen) atoms. The molecule has 1 fully saturated rings. The monoisotopic (exact) mass is 356 g/mol. The molecule has 1 aromatic rings. The molecule has 1 aliphatic rings. The topological polar surface area (TPSA) is 125 Å². The van der Waals surface area contributed by atoms with Gasteiger partial charge in [0.2, 0.25) is 10.0 Å². The quantitative estimate of drug-likeness (QED) is 0.647. The van der Waals surface area contributed by atoms with Crippen LogP contribution in [0.5, 0.6) is 0 Å². The maximum Gasteiger partial charge on any atom is 0.335 e. The first-order chi connectivity index (χ1) is 11.4. The highest BCUT2D eigenvalue weighted by atomic mass is 32.2. The van der Waals surface area contributed by atoms with E-state index in [0.29, 0.717) is 26.0 Å². The van der Waals surface area contributed by atoms with Gasteiger partial charge in [-0.05, 0) is 37.0 Å². The van der Waals surface area contributed by atoms with Crippen LogP contribution in [-0.4, -0.2) is 46.2 Å². The van der Waals surface area contributed by atoms with Crippen molar-refractivity contribution in [1.82, 2.24) is 5.32 Å². The fourth-order valence-electron chi connectivity index (χ4n) is 2.24. The molecule has 3 N–H and O–H groups in total. The second-order valence-electron chi connectivity index (χ2n) is 5.40. The highest BCUT2D eigenvalue weighted by molar-refractivity contribution is 7.89. The molecule has 0 saturated carbocycles. The van der Waals surface area contributed by atoms with Gasteiger partial charge in [0.25, 0.3) is 5.91 Å². The minimum Gasteiger partial charge on any atom is -0.454 e. The van der Waals surface area contributed by atoms with Crippen molar-refractivity contribution in [1.29, 1.82) is 0 Å². The molecule has 1 heterocycles. The molecule has 1 atom stereocenters. The number of primary sulfonamides is 1. The normalized spacial score (nSPS) is 17.5. The second-order valence-corrected chi connectivity index (χ2v) is 6.96. The Hall–Kier alpha value is -1.97. The zero-order valence-corrected chi connectivity index (χ0v) is 13.9. The van der Waals surface area contributed by atoms with Gasteiger partial charge in [0, 0.05) is 13.2 Å². The van der Waals surface area contributed by atoms with Crippen LogP contribution in [0.2, 0.25) is 0 Å². The van der Waals surface area contributed by atoms with Gasteiger partial charge in [-0.3, -0.25) is 4.79 Å². The Kier molecular flexibility index (Phi) is 6.29. The van der Waals surface area contributed by atoms with E-state index in [-0.39, 0.29) is 11.5 Å². The highest BCUT2D eigenvalue weighted by Gasteiger charge is 2.25. The number of nitrogens with one attached hydrogen (secondary N) is 1. The number of nitrogens with two attached hydrogens (primary N) is 1.